The van der Waals surface area contributed by atoms with Gasteiger partial charge in [0.15, 0.2) is 0 Å². The minimum absolute atomic E-state index is 0.0665. The lowest BCUT2D eigenvalue weighted by Gasteiger charge is -2.38. The van der Waals surface area contributed by atoms with Crippen LogP contribution in [0.25, 0.3) is 0 Å². The third-order valence-corrected chi connectivity index (χ3v) is 22.6. The summed E-state index contributed by atoms with van der Waals surface area (Å²) in [7, 11) is 0. The molecule has 125 heavy (non-hydrogen) atoms. The number of likely N-dealkylation sites (tertiary alicyclic amines) is 3. The molecule has 0 unspecified atom stereocenters. The number of carbonyl (C=O) groups excluding carboxylic acids is 15. The highest BCUT2D eigenvalue weighted by atomic mass is 16.4. The van der Waals surface area contributed by atoms with Crippen LogP contribution in [0.2, 0.25) is 0 Å². The topological polar surface area (TPSA) is 567 Å². The first-order chi connectivity index (χ1) is 59.7. The van der Waals surface area contributed by atoms with Crippen molar-refractivity contribution < 1.29 is 81.8 Å². The number of anilines is 4. The van der Waals surface area contributed by atoms with Gasteiger partial charge in [0.05, 0.1) is 87.9 Å². The van der Waals surface area contributed by atoms with Gasteiger partial charge in [-0.05, 0) is 175 Å². The number of piperidine rings is 4. The molecule has 16 rings (SSSR count). The van der Waals surface area contributed by atoms with Crippen LogP contribution in [0.15, 0.2) is 147 Å². The Morgan fingerprint density at radius 2 is 0.608 bits per heavy atom. The number of carboxylic acids is 1. The van der Waals surface area contributed by atoms with Crippen LogP contribution in [0.1, 0.15) is 231 Å². The SMILES string of the molecule is C[C@@H]1CC[C@@H](c2ccc3c(c2)CNC3=O)N(C(=O)C(=O)Nc2cncc(C(N)=O)c2)C1.C[C@@H]1CC[C@@H](c2ccc3c(c2)CNC3=O)N(C(=O)C(=O)Nc2cncc(C(N)=O)c2)C1.C[C@@H]1CC[C@@H](c2ccc3c(c2)CNC3=O)NC1.C[C@H]1CC[C@H](c2ccc3c(c2)CNC3=O)N(C(=O)C(=O)Nc2cncc(C(N)=O)c2)C1.NC(=O)c1cncc(NC(=O)C(=O)O)c1. The number of primary amides is 4. The van der Waals surface area contributed by atoms with Gasteiger partial charge in [0.2, 0.25) is 23.6 Å². The number of amides is 15. The van der Waals surface area contributed by atoms with Gasteiger partial charge < -0.3 is 90.6 Å². The van der Waals surface area contributed by atoms with Crippen LogP contribution < -0.4 is 70.8 Å². The molecule has 0 spiro atoms. The maximum Gasteiger partial charge on any atom is 0.394 e. The Hall–Kier alpha value is -15.0. The number of hydrogen-bond donors (Lipinski definition) is 14. The van der Waals surface area contributed by atoms with Crippen LogP contribution in [0.3, 0.4) is 0 Å². The summed E-state index contributed by atoms with van der Waals surface area (Å²) in [5.41, 5.74) is 32.6. The minimum atomic E-state index is -1.63. The van der Waals surface area contributed by atoms with Crippen molar-refractivity contribution in [1.29, 1.82) is 0 Å². The number of carbonyl (C=O) groups is 16. The predicted octanol–water partition coefficient (Wildman–Crippen LogP) is 5.28. The van der Waals surface area contributed by atoms with Crippen LogP contribution in [0.4, 0.5) is 22.7 Å². The van der Waals surface area contributed by atoms with Crippen molar-refractivity contribution in [2.75, 3.05) is 47.4 Å². The molecular weight excluding hydrogens is 1610 g/mol. The molecule has 15 amide bonds. The molecule has 4 aromatic heterocycles. The summed E-state index contributed by atoms with van der Waals surface area (Å²) >= 11 is 0. The van der Waals surface area contributed by atoms with Gasteiger partial charge in [-0.3, -0.25) is 91.9 Å². The van der Waals surface area contributed by atoms with Gasteiger partial charge in [-0.25, -0.2) is 4.79 Å². The average molecular weight is 1700 g/mol. The molecule has 8 aliphatic rings. The molecule has 4 fully saturated rings. The van der Waals surface area contributed by atoms with Crippen LogP contribution in [-0.4, -0.2) is 160 Å². The van der Waals surface area contributed by atoms with Crippen molar-refractivity contribution in [1.82, 2.24) is 61.2 Å². The second-order valence-corrected chi connectivity index (χ2v) is 31.9. The van der Waals surface area contributed by atoms with Crippen LogP contribution in [0, 0.1) is 23.7 Å². The molecule has 12 heterocycles. The second kappa shape index (κ2) is 39.7. The third kappa shape index (κ3) is 22.0. The lowest BCUT2D eigenvalue weighted by Crippen LogP contribution is -2.46. The van der Waals surface area contributed by atoms with E-state index in [1.807, 2.05) is 68.6 Å². The number of fused-ring (bicyclic) bond motifs is 4. The second-order valence-electron chi connectivity index (χ2n) is 31.9. The largest absolute Gasteiger partial charge is 0.474 e. The first kappa shape index (κ1) is 89.2. The van der Waals surface area contributed by atoms with Crippen LogP contribution in [0.5, 0.6) is 0 Å². The molecule has 8 aliphatic heterocycles. The van der Waals surface area contributed by atoms with Gasteiger partial charge >= 0.3 is 47.3 Å². The lowest BCUT2D eigenvalue weighted by atomic mass is 9.88. The van der Waals surface area contributed by atoms with E-state index in [4.69, 9.17) is 28.0 Å². The van der Waals surface area contributed by atoms with E-state index in [-0.39, 0.29) is 105 Å². The Morgan fingerprint density at radius 3 is 0.872 bits per heavy atom. The van der Waals surface area contributed by atoms with Crippen molar-refractivity contribution >= 4 is 117 Å². The Labute approximate surface area is 716 Å². The molecule has 4 aromatic carbocycles. The fourth-order valence-corrected chi connectivity index (χ4v) is 16.0. The quantitative estimate of drug-likeness (QED) is 0.0692. The number of pyridine rings is 4. The summed E-state index contributed by atoms with van der Waals surface area (Å²) < 4.78 is 0. The van der Waals surface area contributed by atoms with Gasteiger partial charge in [0.1, 0.15) is 0 Å². The molecule has 8 aromatic rings. The van der Waals surface area contributed by atoms with Crippen molar-refractivity contribution in [3.63, 3.8) is 0 Å². The fourth-order valence-electron chi connectivity index (χ4n) is 16.0. The van der Waals surface area contributed by atoms with E-state index >= 15 is 0 Å². The van der Waals surface area contributed by atoms with Gasteiger partial charge in [-0.1, -0.05) is 76.2 Å². The minimum Gasteiger partial charge on any atom is -0.474 e. The maximum atomic E-state index is 13.1. The van der Waals surface area contributed by atoms with Gasteiger partial charge in [-0.15, -0.1) is 0 Å². The Morgan fingerprint density at radius 1 is 0.344 bits per heavy atom. The normalized spacial score (nSPS) is 19.8. The first-order valence-corrected chi connectivity index (χ1v) is 40.5. The lowest BCUT2D eigenvalue weighted by molar-refractivity contribution is -0.147. The van der Waals surface area contributed by atoms with E-state index in [0.717, 1.165) is 95.5 Å². The van der Waals surface area contributed by atoms with E-state index in [2.05, 4.69) is 81.5 Å². The summed E-state index contributed by atoms with van der Waals surface area (Å²) in [5.74, 6) is -8.65. The summed E-state index contributed by atoms with van der Waals surface area (Å²) in [5, 5.41) is 32.7. The number of aromatic nitrogens is 4. The molecule has 648 valence electrons. The third-order valence-electron chi connectivity index (χ3n) is 22.6. The van der Waals surface area contributed by atoms with Crippen molar-refractivity contribution in [2.45, 2.75) is 129 Å². The summed E-state index contributed by atoms with van der Waals surface area (Å²) in [6.07, 6.45) is 17.7. The molecule has 4 saturated heterocycles. The molecular formula is C88H94N20O17. The summed E-state index contributed by atoms with van der Waals surface area (Å²) in [6.45, 7) is 12.9. The number of benzene rings is 4. The molecule has 0 bridgehead atoms. The monoisotopic (exact) mass is 1700 g/mol. The zero-order chi connectivity index (χ0) is 89.6. The number of nitrogens with one attached hydrogen (secondary N) is 9. The molecule has 18 N–H and O–H groups in total. The van der Waals surface area contributed by atoms with E-state index in [9.17, 15) is 76.7 Å². The number of nitrogens with two attached hydrogens (primary N) is 4. The first-order valence-electron chi connectivity index (χ1n) is 40.5. The highest BCUT2D eigenvalue weighted by Gasteiger charge is 2.40. The van der Waals surface area contributed by atoms with E-state index in [1.165, 1.54) is 92.2 Å². The maximum absolute atomic E-state index is 13.1. The number of hydrogen-bond acceptors (Lipinski definition) is 21. The highest BCUT2D eigenvalue weighted by Crippen LogP contribution is 2.39. The Bertz CT molecular complexity index is 5250. The van der Waals surface area contributed by atoms with Crippen LogP contribution in [-0.2, 0) is 64.5 Å². The highest BCUT2D eigenvalue weighted by molar-refractivity contribution is 6.41. The van der Waals surface area contributed by atoms with E-state index in [0.29, 0.717) is 68.5 Å². The van der Waals surface area contributed by atoms with Crippen molar-refractivity contribution in [3.8, 4) is 0 Å². The number of rotatable bonds is 12. The standard InChI is InChI=1S/3C22H23N5O4.C14H18N2O.C8H7N3O4/c3*1-12-2-5-18(13-3-4-17-14(6-13)9-25-20(17)29)27(11-12)22(31)21(30)26-16-7-15(19(23)28)8-24-10-16;1-9-2-5-13(15-7-9)10-3-4-12-11(6-10)8-16-14(12)17;9-6(12)4-1-5(3-10-2-4)11-7(13)8(14)15/h3*3-4,6-8,10,12,18H,2,5,9,11H2,1H3,(H2,23,28)(H,25,29)(H,26,30);3-4,6,9,13,15H,2,5,7-8H2,1H3,(H,16,17);1-3H,(H2,9,12)(H,11,13)(H,14,15)/t3*12-,18+;9-,13+;/m1101./s1. The molecule has 37 nitrogen and oxygen atoms in total. The zero-order valence-corrected chi connectivity index (χ0v) is 68.7. The predicted molar refractivity (Wildman–Crippen MR) is 451 cm³/mol. The molecule has 37 heteroatoms. The smallest absolute Gasteiger partial charge is 0.394 e. The average Bonchev–Trinajstić information content (AvgIpc) is 1.63. The number of nitrogens with zero attached hydrogens (tertiary/aromatic N) is 7. The molecule has 8 atom stereocenters. The Balaban J connectivity index is 0.000000146. The molecule has 0 aliphatic carbocycles. The van der Waals surface area contributed by atoms with E-state index < -0.39 is 70.9 Å². The molecule has 0 saturated carbocycles. The number of aliphatic carboxylic acids is 1. The summed E-state index contributed by atoms with van der Waals surface area (Å²) in [6, 6.07) is 28.0. The number of carboxylic acid groups (broad SMARTS) is 1. The molecule has 0 radical (unpaired) electrons. The zero-order valence-electron chi connectivity index (χ0n) is 68.7. The van der Waals surface area contributed by atoms with Crippen molar-refractivity contribution in [3.05, 3.63) is 236 Å². The van der Waals surface area contributed by atoms with Crippen molar-refractivity contribution in [2.24, 2.45) is 46.6 Å². The van der Waals surface area contributed by atoms with Crippen LogP contribution >= 0.6 is 0 Å². The van der Waals surface area contributed by atoms with Gasteiger partial charge in [-0.2, -0.15) is 0 Å². The fraction of sp³-hybridized carbons (Fsp3) is 0.318. The summed E-state index contributed by atoms with van der Waals surface area (Å²) in [4.78, 5) is 210. The van der Waals surface area contributed by atoms with Gasteiger partial charge in [0, 0.05) is 98.9 Å². The van der Waals surface area contributed by atoms with E-state index in [1.54, 1.807) is 32.9 Å². The Kier molecular flexibility index (Phi) is 28.3. The van der Waals surface area contributed by atoms with Gasteiger partial charge in [0.25, 0.3) is 23.6 Å².